The highest BCUT2D eigenvalue weighted by Crippen LogP contribution is 2.28. The number of hydrogen-bond donors (Lipinski definition) is 1. The monoisotopic (exact) mass is 202 g/mol. The molecule has 0 radical (unpaired) electrons. The minimum atomic E-state index is -0.236. The van der Waals surface area contributed by atoms with E-state index >= 15 is 0 Å². The molecule has 1 aliphatic rings. The molecule has 5 nitrogen and oxygen atoms in total. The van der Waals surface area contributed by atoms with E-state index in [0.717, 1.165) is 17.3 Å². The molecular weight excluding hydrogens is 192 g/mol. The lowest BCUT2D eigenvalue weighted by Crippen LogP contribution is -2.20. The van der Waals surface area contributed by atoms with Crippen molar-refractivity contribution in [2.75, 3.05) is 6.61 Å². The second-order valence-corrected chi connectivity index (χ2v) is 3.44. The van der Waals surface area contributed by atoms with Crippen LogP contribution < -0.4 is 10.5 Å². The van der Waals surface area contributed by atoms with Crippen molar-refractivity contribution in [3.05, 3.63) is 36.4 Å². The molecule has 0 aliphatic carbocycles. The molecule has 0 spiro atoms. The molecule has 0 bridgehead atoms. The number of ether oxygens (including phenoxy) is 1. The first kappa shape index (κ1) is 8.43. The summed E-state index contributed by atoms with van der Waals surface area (Å²) in [5.41, 5.74) is 6.86. The van der Waals surface area contributed by atoms with E-state index in [-0.39, 0.29) is 6.04 Å². The second kappa shape index (κ2) is 3.06. The van der Waals surface area contributed by atoms with Gasteiger partial charge in [0.1, 0.15) is 24.7 Å². The molecule has 5 heteroatoms. The molecular formula is C10H10N4O. The lowest BCUT2D eigenvalue weighted by atomic mass is 10.3. The van der Waals surface area contributed by atoms with Gasteiger partial charge in [-0.15, -0.1) is 10.2 Å². The number of hydrogen-bond acceptors (Lipinski definition) is 4. The van der Waals surface area contributed by atoms with Gasteiger partial charge in [0.15, 0.2) is 5.82 Å². The summed E-state index contributed by atoms with van der Waals surface area (Å²) in [6.07, 6.45) is 1.66. The number of nitrogens with two attached hydrogens (primary N) is 1. The Morgan fingerprint density at radius 1 is 1.40 bits per heavy atom. The van der Waals surface area contributed by atoms with Crippen LogP contribution in [0.3, 0.4) is 0 Å². The van der Waals surface area contributed by atoms with Crippen LogP contribution in [0.2, 0.25) is 0 Å². The maximum absolute atomic E-state index is 5.92. The van der Waals surface area contributed by atoms with Crippen molar-refractivity contribution < 1.29 is 4.74 Å². The second-order valence-electron chi connectivity index (χ2n) is 3.44. The maximum atomic E-state index is 5.92. The highest BCUT2D eigenvalue weighted by Gasteiger charge is 2.21. The lowest BCUT2D eigenvalue weighted by Gasteiger charge is -2.06. The fourth-order valence-corrected chi connectivity index (χ4v) is 1.71. The SMILES string of the molecule is N[C@H]1COc2ccccc2-n2cnnc21. The Morgan fingerprint density at radius 2 is 2.27 bits per heavy atom. The van der Waals surface area contributed by atoms with Gasteiger partial charge >= 0.3 is 0 Å². The molecule has 1 aromatic carbocycles. The van der Waals surface area contributed by atoms with Crippen molar-refractivity contribution in [3.63, 3.8) is 0 Å². The molecule has 0 amide bonds. The van der Waals surface area contributed by atoms with Gasteiger partial charge in [-0.2, -0.15) is 0 Å². The summed E-state index contributed by atoms with van der Waals surface area (Å²) < 4.78 is 7.46. The highest BCUT2D eigenvalue weighted by molar-refractivity contribution is 5.48. The Kier molecular flexibility index (Phi) is 1.72. The van der Waals surface area contributed by atoms with E-state index in [9.17, 15) is 0 Å². The Balaban J connectivity index is 2.26. The molecule has 3 rings (SSSR count). The molecule has 2 aromatic rings. The summed E-state index contributed by atoms with van der Waals surface area (Å²) in [5, 5.41) is 7.88. The smallest absolute Gasteiger partial charge is 0.158 e. The number of fused-ring (bicyclic) bond motifs is 3. The minimum absolute atomic E-state index is 0.236. The van der Waals surface area contributed by atoms with Crippen LogP contribution >= 0.6 is 0 Å². The van der Waals surface area contributed by atoms with Gasteiger partial charge in [0.25, 0.3) is 0 Å². The molecule has 15 heavy (non-hydrogen) atoms. The van der Waals surface area contributed by atoms with Gasteiger partial charge in [-0.05, 0) is 12.1 Å². The van der Waals surface area contributed by atoms with Crippen molar-refractivity contribution in [1.29, 1.82) is 0 Å². The van der Waals surface area contributed by atoms with Crippen LogP contribution in [0, 0.1) is 0 Å². The lowest BCUT2D eigenvalue weighted by molar-refractivity contribution is 0.293. The Bertz CT molecular complexity index is 494. The molecule has 2 N–H and O–H groups in total. The van der Waals surface area contributed by atoms with Gasteiger partial charge in [-0.1, -0.05) is 12.1 Å². The fraction of sp³-hybridized carbons (Fsp3) is 0.200. The van der Waals surface area contributed by atoms with E-state index in [1.807, 2.05) is 28.8 Å². The average molecular weight is 202 g/mol. The number of para-hydroxylation sites is 2. The Morgan fingerprint density at radius 3 is 3.20 bits per heavy atom. The van der Waals surface area contributed by atoms with E-state index in [1.54, 1.807) is 6.33 Å². The molecule has 1 aliphatic heterocycles. The van der Waals surface area contributed by atoms with Crippen LogP contribution in [-0.4, -0.2) is 21.4 Å². The van der Waals surface area contributed by atoms with Crippen LogP contribution in [0.1, 0.15) is 11.9 Å². The van der Waals surface area contributed by atoms with Gasteiger partial charge in [-0.25, -0.2) is 0 Å². The zero-order chi connectivity index (χ0) is 10.3. The first-order chi connectivity index (χ1) is 7.36. The van der Waals surface area contributed by atoms with Gasteiger partial charge in [0, 0.05) is 0 Å². The van der Waals surface area contributed by atoms with E-state index in [0.29, 0.717) is 6.61 Å². The predicted octanol–water partition coefficient (Wildman–Crippen LogP) is 0.659. The van der Waals surface area contributed by atoms with Gasteiger partial charge in [0.05, 0.1) is 5.69 Å². The summed E-state index contributed by atoms with van der Waals surface area (Å²) in [6.45, 7) is 0.426. The largest absolute Gasteiger partial charge is 0.489 e. The first-order valence-electron chi connectivity index (χ1n) is 4.74. The van der Waals surface area contributed by atoms with Crippen molar-refractivity contribution in [1.82, 2.24) is 14.8 Å². The van der Waals surface area contributed by atoms with Crippen LogP contribution in [0.25, 0.3) is 5.69 Å². The standard InChI is InChI=1S/C10H10N4O/c11-7-5-15-9-4-2-1-3-8(9)14-6-12-13-10(7)14/h1-4,6-7H,5,11H2/t7-/m0/s1. The first-order valence-corrected chi connectivity index (χ1v) is 4.74. The number of rotatable bonds is 0. The summed E-state index contributed by atoms with van der Waals surface area (Å²) >= 11 is 0. The zero-order valence-electron chi connectivity index (χ0n) is 8.00. The molecule has 1 aromatic heterocycles. The maximum Gasteiger partial charge on any atom is 0.158 e. The van der Waals surface area contributed by atoms with Crippen LogP contribution in [0.15, 0.2) is 30.6 Å². The number of nitrogens with zero attached hydrogens (tertiary/aromatic N) is 3. The number of benzene rings is 1. The van der Waals surface area contributed by atoms with Crippen LogP contribution in [0.4, 0.5) is 0 Å². The quantitative estimate of drug-likeness (QED) is 0.681. The number of aromatic nitrogens is 3. The third-order valence-electron chi connectivity index (χ3n) is 2.45. The minimum Gasteiger partial charge on any atom is -0.489 e. The molecule has 76 valence electrons. The summed E-state index contributed by atoms with van der Waals surface area (Å²) in [4.78, 5) is 0. The van der Waals surface area contributed by atoms with E-state index < -0.39 is 0 Å². The topological polar surface area (TPSA) is 66.0 Å². The molecule has 0 unspecified atom stereocenters. The zero-order valence-corrected chi connectivity index (χ0v) is 8.00. The fourth-order valence-electron chi connectivity index (χ4n) is 1.71. The van der Waals surface area contributed by atoms with Gasteiger partial charge in [-0.3, -0.25) is 4.57 Å². The highest BCUT2D eigenvalue weighted by atomic mass is 16.5. The van der Waals surface area contributed by atoms with Crippen molar-refractivity contribution in [3.8, 4) is 11.4 Å². The Labute approximate surface area is 86.5 Å². The van der Waals surface area contributed by atoms with E-state index in [2.05, 4.69) is 10.2 Å². The third kappa shape index (κ3) is 1.20. The molecule has 1 atom stereocenters. The summed E-state index contributed by atoms with van der Waals surface area (Å²) in [5.74, 6) is 1.55. The predicted molar refractivity (Wildman–Crippen MR) is 53.8 cm³/mol. The van der Waals surface area contributed by atoms with Gasteiger partial charge in [0.2, 0.25) is 0 Å². The van der Waals surface area contributed by atoms with Gasteiger partial charge < -0.3 is 10.5 Å². The normalized spacial score (nSPS) is 18.6. The van der Waals surface area contributed by atoms with E-state index in [1.165, 1.54) is 0 Å². The summed E-state index contributed by atoms with van der Waals surface area (Å²) in [6, 6.07) is 7.51. The van der Waals surface area contributed by atoms with Crippen molar-refractivity contribution >= 4 is 0 Å². The molecule has 2 heterocycles. The summed E-state index contributed by atoms with van der Waals surface area (Å²) in [7, 11) is 0. The average Bonchev–Trinajstić information content (AvgIpc) is 2.71. The molecule has 0 saturated carbocycles. The molecule has 0 fully saturated rings. The van der Waals surface area contributed by atoms with Crippen LogP contribution in [0.5, 0.6) is 5.75 Å². The molecule has 0 saturated heterocycles. The van der Waals surface area contributed by atoms with Crippen molar-refractivity contribution in [2.24, 2.45) is 5.73 Å². The van der Waals surface area contributed by atoms with Crippen molar-refractivity contribution in [2.45, 2.75) is 6.04 Å². The third-order valence-corrected chi connectivity index (χ3v) is 2.45. The Hall–Kier alpha value is -1.88. The van der Waals surface area contributed by atoms with Crippen LogP contribution in [-0.2, 0) is 0 Å². The van der Waals surface area contributed by atoms with E-state index in [4.69, 9.17) is 10.5 Å².